The number of rotatable bonds is 6. The number of nitrogens with one attached hydrogen (secondary N) is 1. The first kappa shape index (κ1) is 16.5. The molecule has 0 amide bonds. The summed E-state index contributed by atoms with van der Waals surface area (Å²) in [5.41, 5.74) is -0.0391. The lowest BCUT2D eigenvalue weighted by molar-refractivity contribution is 0.596. The van der Waals surface area contributed by atoms with E-state index in [9.17, 15) is 16.8 Å². The lowest BCUT2D eigenvalue weighted by Crippen LogP contribution is -2.18. The maximum atomic E-state index is 11.7. The molecule has 0 spiro atoms. The number of primary sulfonamides is 1. The van der Waals surface area contributed by atoms with Crippen LogP contribution in [0.4, 0.5) is 5.69 Å². The quantitative estimate of drug-likeness (QED) is 0.758. The third-order valence-electron chi connectivity index (χ3n) is 2.08. The van der Waals surface area contributed by atoms with Crippen molar-refractivity contribution in [1.29, 1.82) is 0 Å². The number of benzene rings is 1. The Bertz CT molecular complexity index is 659. The summed E-state index contributed by atoms with van der Waals surface area (Å²) in [5, 5.41) is 5.03. The fourth-order valence-corrected chi connectivity index (χ4v) is 3.41. The number of hydrogen-bond acceptors (Lipinski definition) is 4. The smallest absolute Gasteiger partial charge is 0.238 e. The van der Waals surface area contributed by atoms with E-state index in [1.807, 2.05) is 0 Å². The Morgan fingerprint density at radius 1 is 1.21 bits per heavy atom. The molecule has 0 saturated heterocycles. The Labute approximate surface area is 122 Å². The summed E-state index contributed by atoms with van der Waals surface area (Å²) in [6.45, 7) is 0. The van der Waals surface area contributed by atoms with E-state index in [2.05, 4.69) is 4.72 Å². The van der Waals surface area contributed by atoms with Crippen LogP contribution in [0, 0.1) is 0 Å². The molecule has 0 aliphatic carbocycles. The van der Waals surface area contributed by atoms with Gasteiger partial charge in [-0.15, -0.1) is 11.6 Å². The molecule has 1 rings (SSSR count). The molecule has 0 saturated carbocycles. The number of alkyl halides is 1. The van der Waals surface area contributed by atoms with Crippen LogP contribution in [0.1, 0.15) is 6.42 Å². The summed E-state index contributed by atoms with van der Waals surface area (Å²) >= 11 is 11.2. The van der Waals surface area contributed by atoms with E-state index in [-0.39, 0.29) is 33.7 Å². The third-order valence-corrected chi connectivity index (χ3v) is 4.94. The predicted octanol–water partition coefficient (Wildman–Crippen LogP) is 1.36. The average molecular weight is 347 g/mol. The number of nitrogens with two attached hydrogens (primary N) is 1. The predicted molar refractivity (Wildman–Crippen MR) is 75.6 cm³/mol. The molecule has 1 aromatic rings. The molecule has 0 bridgehead atoms. The van der Waals surface area contributed by atoms with E-state index in [1.54, 1.807) is 0 Å². The topological polar surface area (TPSA) is 106 Å². The molecule has 10 heteroatoms. The molecule has 6 nitrogen and oxygen atoms in total. The third kappa shape index (κ3) is 5.15. The van der Waals surface area contributed by atoms with E-state index in [0.717, 1.165) is 6.07 Å². The van der Waals surface area contributed by atoms with Gasteiger partial charge in [0.05, 0.1) is 21.4 Å². The largest absolute Gasteiger partial charge is 0.282 e. The zero-order chi connectivity index (χ0) is 14.7. The normalized spacial score (nSPS) is 12.4. The van der Waals surface area contributed by atoms with Gasteiger partial charge in [-0.25, -0.2) is 22.0 Å². The maximum absolute atomic E-state index is 11.7. The summed E-state index contributed by atoms with van der Waals surface area (Å²) in [6, 6.07) is 3.50. The van der Waals surface area contributed by atoms with Gasteiger partial charge in [0.2, 0.25) is 20.0 Å². The molecular formula is C9H12Cl2N2O4S2. The van der Waals surface area contributed by atoms with Crippen LogP contribution in [0.2, 0.25) is 5.02 Å². The number of halogens is 2. The van der Waals surface area contributed by atoms with Crippen LogP contribution in [0.3, 0.4) is 0 Å². The number of sulfonamides is 2. The maximum Gasteiger partial charge on any atom is 0.238 e. The fraction of sp³-hybridized carbons (Fsp3) is 0.333. The average Bonchev–Trinajstić information content (AvgIpc) is 2.28. The van der Waals surface area contributed by atoms with Gasteiger partial charge >= 0.3 is 0 Å². The molecule has 0 heterocycles. The van der Waals surface area contributed by atoms with Crippen LogP contribution >= 0.6 is 23.2 Å². The summed E-state index contributed by atoms with van der Waals surface area (Å²) in [4.78, 5) is -0.230. The van der Waals surface area contributed by atoms with Crippen molar-refractivity contribution < 1.29 is 16.8 Å². The van der Waals surface area contributed by atoms with Crippen molar-refractivity contribution in [1.82, 2.24) is 0 Å². The minimum absolute atomic E-state index is 0.0391. The van der Waals surface area contributed by atoms with Crippen LogP contribution in [0.5, 0.6) is 0 Å². The summed E-state index contributed by atoms with van der Waals surface area (Å²) in [7, 11) is -7.57. The van der Waals surface area contributed by atoms with Crippen molar-refractivity contribution in [3.05, 3.63) is 23.2 Å². The zero-order valence-corrected chi connectivity index (χ0v) is 12.8. The van der Waals surface area contributed by atoms with Crippen LogP contribution in [-0.4, -0.2) is 28.5 Å². The summed E-state index contributed by atoms with van der Waals surface area (Å²) in [6.07, 6.45) is 0.267. The van der Waals surface area contributed by atoms with Gasteiger partial charge in [0.25, 0.3) is 0 Å². The molecule has 0 aliphatic heterocycles. The molecular weight excluding hydrogens is 335 g/mol. The molecule has 108 valence electrons. The minimum atomic E-state index is -3.93. The van der Waals surface area contributed by atoms with E-state index < -0.39 is 20.0 Å². The Kier molecular flexibility index (Phi) is 5.45. The van der Waals surface area contributed by atoms with Crippen molar-refractivity contribution in [2.24, 2.45) is 5.14 Å². The molecule has 3 N–H and O–H groups in total. The van der Waals surface area contributed by atoms with Crippen molar-refractivity contribution in [2.75, 3.05) is 16.4 Å². The van der Waals surface area contributed by atoms with Crippen LogP contribution < -0.4 is 9.86 Å². The second-order valence-electron chi connectivity index (χ2n) is 3.65. The van der Waals surface area contributed by atoms with Gasteiger partial charge in [0, 0.05) is 5.88 Å². The van der Waals surface area contributed by atoms with E-state index in [0.29, 0.717) is 0 Å². The highest BCUT2D eigenvalue weighted by molar-refractivity contribution is 7.92. The zero-order valence-electron chi connectivity index (χ0n) is 9.64. The first-order valence-corrected chi connectivity index (χ1v) is 9.15. The van der Waals surface area contributed by atoms with Gasteiger partial charge in [-0.3, -0.25) is 4.72 Å². The molecule has 0 aliphatic rings. The van der Waals surface area contributed by atoms with Gasteiger partial charge in [-0.05, 0) is 24.6 Å². The SMILES string of the molecule is NS(=O)(=O)c1ccc(Cl)c(NS(=O)(=O)CCCCl)c1. The highest BCUT2D eigenvalue weighted by atomic mass is 35.5. The number of anilines is 1. The second-order valence-corrected chi connectivity index (χ2v) is 7.84. The number of hydrogen-bond donors (Lipinski definition) is 2. The monoisotopic (exact) mass is 346 g/mol. The lowest BCUT2D eigenvalue weighted by Gasteiger charge is -2.10. The fourth-order valence-electron chi connectivity index (χ4n) is 1.22. The Morgan fingerprint density at radius 3 is 2.37 bits per heavy atom. The van der Waals surface area contributed by atoms with Crippen molar-refractivity contribution in [3.8, 4) is 0 Å². The molecule has 0 aromatic heterocycles. The highest BCUT2D eigenvalue weighted by Crippen LogP contribution is 2.25. The Morgan fingerprint density at radius 2 is 1.84 bits per heavy atom. The van der Waals surface area contributed by atoms with Gasteiger partial charge in [0.1, 0.15) is 0 Å². The van der Waals surface area contributed by atoms with Crippen LogP contribution in [0.15, 0.2) is 23.1 Å². The molecule has 0 radical (unpaired) electrons. The highest BCUT2D eigenvalue weighted by Gasteiger charge is 2.15. The van der Waals surface area contributed by atoms with Gasteiger partial charge in [0.15, 0.2) is 0 Å². The lowest BCUT2D eigenvalue weighted by atomic mass is 10.3. The van der Waals surface area contributed by atoms with Crippen molar-refractivity contribution in [3.63, 3.8) is 0 Å². The Hall–Kier alpha value is -0.540. The Balaban J connectivity index is 3.08. The molecule has 0 fully saturated rings. The summed E-state index contributed by atoms with van der Waals surface area (Å²) in [5.74, 6) is 0.0122. The van der Waals surface area contributed by atoms with E-state index in [1.165, 1.54) is 12.1 Å². The van der Waals surface area contributed by atoms with Crippen molar-refractivity contribution in [2.45, 2.75) is 11.3 Å². The minimum Gasteiger partial charge on any atom is -0.282 e. The second kappa shape index (κ2) is 6.27. The molecule has 0 unspecified atom stereocenters. The van der Waals surface area contributed by atoms with Crippen LogP contribution in [-0.2, 0) is 20.0 Å². The van der Waals surface area contributed by atoms with Gasteiger partial charge in [-0.1, -0.05) is 11.6 Å². The van der Waals surface area contributed by atoms with Crippen LogP contribution in [0.25, 0.3) is 0 Å². The van der Waals surface area contributed by atoms with Crippen molar-refractivity contribution >= 4 is 48.9 Å². The van der Waals surface area contributed by atoms with E-state index >= 15 is 0 Å². The van der Waals surface area contributed by atoms with Gasteiger partial charge < -0.3 is 0 Å². The van der Waals surface area contributed by atoms with Gasteiger partial charge in [-0.2, -0.15) is 0 Å². The summed E-state index contributed by atoms with van der Waals surface area (Å²) < 4.78 is 47.9. The molecule has 1 aromatic carbocycles. The first-order chi connectivity index (χ1) is 8.65. The standard InChI is InChI=1S/C9H12Cl2N2O4S2/c10-4-1-5-18(14,15)13-9-6-7(19(12,16)17)2-3-8(9)11/h2-3,6,13H,1,4-5H2,(H2,12,16,17). The molecule has 19 heavy (non-hydrogen) atoms. The first-order valence-electron chi connectivity index (χ1n) is 5.04. The van der Waals surface area contributed by atoms with E-state index in [4.69, 9.17) is 28.3 Å². The molecule has 0 atom stereocenters.